The molecule has 0 N–H and O–H groups in total. The van der Waals surface area contributed by atoms with Crippen LogP contribution < -0.4 is 4.90 Å². The molecule has 0 spiro atoms. The monoisotopic (exact) mass is 526 g/mol. The van der Waals surface area contributed by atoms with E-state index >= 15 is 0 Å². The van der Waals surface area contributed by atoms with Gasteiger partial charge in [0, 0.05) is 36.7 Å². The first-order chi connectivity index (χ1) is 18.4. The van der Waals surface area contributed by atoms with Crippen LogP contribution in [-0.2, 0) is 11.2 Å². The van der Waals surface area contributed by atoms with Crippen LogP contribution in [-0.4, -0.2) is 40.2 Å². The molecule has 2 saturated heterocycles. The lowest BCUT2D eigenvalue weighted by Crippen LogP contribution is -2.29. The van der Waals surface area contributed by atoms with E-state index in [0.29, 0.717) is 6.54 Å². The zero-order chi connectivity index (χ0) is 26.8. The first kappa shape index (κ1) is 26.4. The Kier molecular flexibility index (Phi) is 7.80. The van der Waals surface area contributed by atoms with Crippen molar-refractivity contribution in [1.82, 2.24) is 9.47 Å². The minimum atomic E-state index is 0.0242. The Hall–Kier alpha value is -3.25. The molecule has 5 rings (SSSR count). The van der Waals surface area contributed by atoms with Crippen molar-refractivity contribution in [2.24, 2.45) is 4.99 Å². The standard InChI is InChI=1S/C32H38N4OS/c1-6-25-13-11-12-22(3)30(25)36-23(4)20-26(24(36)5)21-29-31(37)35(7-2)32(38-29)33-27-14-16-28(17-15-27)34-18-9-8-10-19-34/h11-17,20-21H,6-10,18-19H2,1-5H3/b29-21-,33-32?. The highest BCUT2D eigenvalue weighted by Gasteiger charge is 2.32. The number of amidine groups is 1. The fourth-order valence-electron chi connectivity index (χ4n) is 5.61. The van der Waals surface area contributed by atoms with Crippen molar-refractivity contribution in [2.75, 3.05) is 24.5 Å². The van der Waals surface area contributed by atoms with Gasteiger partial charge in [0.2, 0.25) is 0 Å². The summed E-state index contributed by atoms with van der Waals surface area (Å²) in [6.45, 7) is 13.5. The highest BCUT2D eigenvalue weighted by molar-refractivity contribution is 8.18. The third-order valence-corrected chi connectivity index (χ3v) is 8.69. The number of thioether (sulfide) groups is 1. The fraction of sp³-hybridized carbons (Fsp3) is 0.375. The Bertz CT molecular complexity index is 1390. The average Bonchev–Trinajstić information content (AvgIpc) is 3.38. The molecule has 1 amide bonds. The summed E-state index contributed by atoms with van der Waals surface area (Å²) in [5.74, 6) is 0.0242. The second-order valence-corrected chi connectivity index (χ2v) is 11.2. The van der Waals surface area contributed by atoms with E-state index in [9.17, 15) is 4.79 Å². The molecule has 2 aromatic carbocycles. The number of rotatable bonds is 6. The van der Waals surface area contributed by atoms with Gasteiger partial charge in [-0.2, -0.15) is 0 Å². The van der Waals surface area contributed by atoms with Crippen LogP contribution in [0.25, 0.3) is 11.8 Å². The Morgan fingerprint density at radius 2 is 1.71 bits per heavy atom. The molecule has 2 aliphatic rings. The number of anilines is 1. The SMILES string of the molecule is CCc1cccc(C)c1-n1c(C)cc(/C=C2\SC(=Nc3ccc(N4CCCCC4)cc3)N(CC)C2=O)c1C. The van der Waals surface area contributed by atoms with Gasteiger partial charge in [-0.15, -0.1) is 0 Å². The van der Waals surface area contributed by atoms with Gasteiger partial charge in [-0.1, -0.05) is 25.1 Å². The molecule has 1 aromatic heterocycles. The zero-order valence-corrected chi connectivity index (χ0v) is 24.1. The van der Waals surface area contributed by atoms with Crippen LogP contribution >= 0.6 is 11.8 Å². The molecule has 0 bridgehead atoms. The largest absolute Gasteiger partial charge is 0.372 e. The first-order valence-corrected chi connectivity index (χ1v) is 14.7. The Balaban J connectivity index is 1.43. The van der Waals surface area contributed by atoms with E-state index in [4.69, 9.17) is 4.99 Å². The van der Waals surface area contributed by atoms with Crippen molar-refractivity contribution in [1.29, 1.82) is 0 Å². The molecular weight excluding hydrogens is 488 g/mol. The van der Waals surface area contributed by atoms with Crippen LogP contribution in [0, 0.1) is 20.8 Å². The van der Waals surface area contributed by atoms with Gasteiger partial charge in [0.1, 0.15) is 0 Å². The maximum Gasteiger partial charge on any atom is 0.266 e. The van der Waals surface area contributed by atoms with Gasteiger partial charge in [-0.3, -0.25) is 9.69 Å². The number of amides is 1. The van der Waals surface area contributed by atoms with Crippen LogP contribution in [0.15, 0.2) is 58.4 Å². The van der Waals surface area contributed by atoms with E-state index in [1.807, 2.05) is 13.0 Å². The van der Waals surface area contributed by atoms with Crippen molar-refractivity contribution in [3.05, 3.63) is 81.5 Å². The number of hydrogen-bond acceptors (Lipinski definition) is 4. The summed E-state index contributed by atoms with van der Waals surface area (Å²) in [6, 6.07) is 17.1. The van der Waals surface area contributed by atoms with Crippen LogP contribution in [0.2, 0.25) is 0 Å². The predicted molar refractivity (Wildman–Crippen MR) is 162 cm³/mol. The molecule has 3 aromatic rings. The Morgan fingerprint density at radius 3 is 2.39 bits per heavy atom. The second-order valence-electron chi connectivity index (χ2n) is 10.2. The molecule has 198 valence electrons. The van der Waals surface area contributed by atoms with Gasteiger partial charge >= 0.3 is 0 Å². The lowest BCUT2D eigenvalue weighted by Gasteiger charge is -2.28. The van der Waals surface area contributed by atoms with Crippen LogP contribution in [0.4, 0.5) is 11.4 Å². The summed E-state index contributed by atoms with van der Waals surface area (Å²) in [7, 11) is 0. The lowest BCUT2D eigenvalue weighted by molar-refractivity contribution is -0.122. The average molecular weight is 527 g/mol. The van der Waals surface area contributed by atoms with Crippen molar-refractivity contribution < 1.29 is 4.79 Å². The number of para-hydroxylation sites is 1. The molecule has 0 unspecified atom stereocenters. The van der Waals surface area contributed by atoms with Gasteiger partial charge in [0.05, 0.1) is 16.3 Å². The maximum absolute atomic E-state index is 13.4. The number of nitrogens with zero attached hydrogens (tertiary/aromatic N) is 4. The molecule has 2 aliphatic heterocycles. The van der Waals surface area contributed by atoms with Gasteiger partial charge in [-0.25, -0.2) is 4.99 Å². The van der Waals surface area contributed by atoms with E-state index in [0.717, 1.165) is 46.5 Å². The first-order valence-electron chi connectivity index (χ1n) is 13.8. The van der Waals surface area contributed by atoms with E-state index in [-0.39, 0.29) is 5.91 Å². The van der Waals surface area contributed by atoms with Gasteiger partial charge in [-0.05, 0) is 118 Å². The topological polar surface area (TPSA) is 40.8 Å². The molecule has 6 heteroatoms. The second kappa shape index (κ2) is 11.2. The van der Waals surface area contributed by atoms with E-state index in [2.05, 4.69) is 85.7 Å². The third kappa shape index (κ3) is 5.06. The number of piperidine rings is 1. The number of aliphatic imine (C=N–C) groups is 1. The maximum atomic E-state index is 13.4. The highest BCUT2D eigenvalue weighted by Crippen LogP contribution is 2.36. The van der Waals surface area contributed by atoms with E-state index < -0.39 is 0 Å². The molecule has 0 aliphatic carbocycles. The van der Waals surface area contributed by atoms with Gasteiger partial charge in [0.25, 0.3) is 5.91 Å². The number of benzene rings is 2. The minimum Gasteiger partial charge on any atom is -0.372 e. The van der Waals surface area contributed by atoms with Crippen molar-refractivity contribution in [3.63, 3.8) is 0 Å². The predicted octanol–water partition coefficient (Wildman–Crippen LogP) is 7.58. The Labute approximate surface area is 231 Å². The van der Waals surface area contributed by atoms with Crippen LogP contribution in [0.5, 0.6) is 0 Å². The van der Waals surface area contributed by atoms with E-state index in [1.165, 1.54) is 59.2 Å². The quantitative estimate of drug-likeness (QED) is 0.311. The highest BCUT2D eigenvalue weighted by atomic mass is 32.2. The van der Waals surface area contributed by atoms with Crippen molar-refractivity contribution >= 4 is 40.3 Å². The minimum absolute atomic E-state index is 0.0242. The van der Waals surface area contributed by atoms with E-state index in [1.54, 1.807) is 4.90 Å². The molecule has 5 nitrogen and oxygen atoms in total. The van der Waals surface area contributed by atoms with Crippen LogP contribution in [0.3, 0.4) is 0 Å². The molecule has 2 fully saturated rings. The smallest absolute Gasteiger partial charge is 0.266 e. The number of carbonyl (C=O) groups is 1. The summed E-state index contributed by atoms with van der Waals surface area (Å²) in [5, 5.41) is 0.746. The number of likely N-dealkylation sites (N-methyl/N-ethyl adjacent to an activating group) is 1. The molecular formula is C32H38N4OS. The van der Waals surface area contributed by atoms with Gasteiger partial charge < -0.3 is 9.47 Å². The Morgan fingerprint density at radius 1 is 0.974 bits per heavy atom. The van der Waals surface area contributed by atoms with Gasteiger partial charge in [0.15, 0.2) is 5.17 Å². The number of carbonyl (C=O) groups excluding carboxylic acids is 1. The number of aromatic nitrogens is 1. The zero-order valence-electron chi connectivity index (χ0n) is 23.3. The van der Waals surface area contributed by atoms with Crippen molar-refractivity contribution in [2.45, 2.75) is 60.3 Å². The molecule has 0 atom stereocenters. The lowest BCUT2D eigenvalue weighted by atomic mass is 10.1. The van der Waals surface area contributed by atoms with Crippen molar-refractivity contribution in [3.8, 4) is 5.69 Å². The number of hydrogen-bond donors (Lipinski definition) is 0. The summed E-state index contributed by atoms with van der Waals surface area (Å²) in [6.07, 6.45) is 6.86. The summed E-state index contributed by atoms with van der Waals surface area (Å²) >= 11 is 1.47. The summed E-state index contributed by atoms with van der Waals surface area (Å²) < 4.78 is 2.33. The molecule has 0 saturated carbocycles. The summed E-state index contributed by atoms with van der Waals surface area (Å²) in [5.41, 5.74) is 9.37. The normalized spacial score (nSPS) is 18.3. The molecule has 3 heterocycles. The molecule has 0 radical (unpaired) electrons. The number of aryl methyl sites for hydroxylation is 3. The third-order valence-electron chi connectivity index (χ3n) is 7.68. The van der Waals surface area contributed by atoms with Crippen LogP contribution in [0.1, 0.15) is 61.2 Å². The fourth-order valence-corrected chi connectivity index (χ4v) is 6.67. The summed E-state index contributed by atoms with van der Waals surface area (Å²) in [4.78, 5) is 23.2. The molecule has 38 heavy (non-hydrogen) atoms.